The second-order valence-corrected chi connectivity index (χ2v) is 6.17. The topological polar surface area (TPSA) is 165 Å². The van der Waals surface area contributed by atoms with E-state index in [0.717, 1.165) is 6.08 Å². The van der Waals surface area contributed by atoms with Gasteiger partial charge in [-0.05, 0) is 12.5 Å². The van der Waals surface area contributed by atoms with Gasteiger partial charge in [0, 0.05) is 24.5 Å². The number of aromatic hydroxyl groups is 2. The highest BCUT2D eigenvalue weighted by Gasteiger charge is 2.50. The predicted octanol–water partition coefficient (Wildman–Crippen LogP) is -0.560. The van der Waals surface area contributed by atoms with Crippen molar-refractivity contribution in [3.8, 4) is 11.5 Å². The summed E-state index contributed by atoms with van der Waals surface area (Å²) in [4.78, 5) is 22.8. The van der Waals surface area contributed by atoms with Crippen LogP contribution in [-0.4, -0.2) is 66.5 Å². The molecule has 0 radical (unpaired) electrons. The number of aliphatic carboxylic acids is 1. The number of hydrogen-bond donors (Lipinski definition) is 6. The number of aliphatic hydroxyl groups is 3. The van der Waals surface area contributed by atoms with Gasteiger partial charge in [0.2, 0.25) is 0 Å². The third kappa shape index (κ3) is 4.31. The minimum Gasteiger partial charge on any atom is -0.504 e. The van der Waals surface area contributed by atoms with Crippen molar-refractivity contribution in [2.24, 2.45) is 0 Å². The highest BCUT2D eigenvalue weighted by atomic mass is 16.6. The molecule has 142 valence electrons. The molecular formula is C17H20O9. The van der Waals surface area contributed by atoms with Crippen molar-refractivity contribution in [2.75, 3.05) is 0 Å². The third-order valence-corrected chi connectivity index (χ3v) is 4.19. The maximum absolute atomic E-state index is 11.8. The first-order chi connectivity index (χ1) is 12.1. The molecule has 2 atom stereocenters. The summed E-state index contributed by atoms with van der Waals surface area (Å²) in [5.41, 5.74) is -1.91. The van der Waals surface area contributed by atoms with Gasteiger partial charge in [0.15, 0.2) is 23.2 Å². The second-order valence-electron chi connectivity index (χ2n) is 6.17. The zero-order valence-electron chi connectivity index (χ0n) is 13.6. The fourth-order valence-corrected chi connectivity index (χ4v) is 2.79. The molecule has 0 heterocycles. The largest absolute Gasteiger partial charge is 0.504 e. The number of phenols is 2. The second kappa shape index (κ2) is 7.73. The number of benzene rings is 1. The monoisotopic (exact) mass is 368 g/mol. The first-order valence-corrected chi connectivity index (χ1v) is 7.83. The van der Waals surface area contributed by atoms with E-state index in [9.17, 15) is 35.1 Å². The summed E-state index contributed by atoms with van der Waals surface area (Å²) in [7, 11) is 0. The number of esters is 1. The van der Waals surface area contributed by atoms with Crippen LogP contribution in [0.3, 0.4) is 0 Å². The maximum Gasteiger partial charge on any atom is 0.335 e. The third-order valence-electron chi connectivity index (χ3n) is 4.19. The number of carboxylic acids is 1. The number of carbonyl (C=O) groups is 2. The summed E-state index contributed by atoms with van der Waals surface area (Å²) >= 11 is 0. The van der Waals surface area contributed by atoms with Crippen LogP contribution in [0.15, 0.2) is 30.4 Å². The first kappa shape index (κ1) is 19.7. The van der Waals surface area contributed by atoms with Crippen LogP contribution in [0.2, 0.25) is 0 Å². The summed E-state index contributed by atoms with van der Waals surface area (Å²) in [6.45, 7) is 0. The van der Waals surface area contributed by atoms with Crippen LogP contribution in [0.25, 0.3) is 0 Å². The Morgan fingerprint density at radius 1 is 1.19 bits per heavy atom. The van der Waals surface area contributed by atoms with Crippen LogP contribution in [0.1, 0.15) is 18.4 Å². The van der Waals surface area contributed by atoms with E-state index in [-0.39, 0.29) is 17.9 Å². The number of rotatable bonds is 5. The smallest absolute Gasteiger partial charge is 0.335 e. The number of para-hydroxylation sites is 1. The zero-order chi connectivity index (χ0) is 19.5. The summed E-state index contributed by atoms with van der Waals surface area (Å²) in [6.07, 6.45) is -3.16. The molecule has 0 aromatic heterocycles. The van der Waals surface area contributed by atoms with Crippen molar-refractivity contribution < 1.29 is 45.0 Å². The molecule has 1 aromatic rings. The lowest BCUT2D eigenvalue weighted by atomic mass is 9.79. The van der Waals surface area contributed by atoms with Gasteiger partial charge in [0.05, 0.1) is 12.2 Å². The van der Waals surface area contributed by atoms with E-state index in [2.05, 4.69) is 0 Å². The highest BCUT2D eigenvalue weighted by molar-refractivity contribution is 5.82. The Labute approximate surface area is 148 Å². The van der Waals surface area contributed by atoms with Crippen molar-refractivity contribution in [2.45, 2.75) is 43.2 Å². The lowest BCUT2D eigenvalue weighted by molar-refractivity contribution is -0.196. The van der Waals surface area contributed by atoms with Gasteiger partial charge in [-0.15, -0.1) is 0 Å². The van der Waals surface area contributed by atoms with Gasteiger partial charge in [-0.25, -0.2) is 9.59 Å². The Balaban J connectivity index is 1.95. The predicted molar refractivity (Wildman–Crippen MR) is 86.3 cm³/mol. The molecule has 0 bridgehead atoms. The molecule has 1 aliphatic carbocycles. The fraction of sp³-hybridized carbons (Fsp3) is 0.412. The van der Waals surface area contributed by atoms with Crippen LogP contribution in [-0.2, 0) is 20.7 Å². The van der Waals surface area contributed by atoms with E-state index in [1.807, 2.05) is 0 Å². The summed E-state index contributed by atoms with van der Waals surface area (Å²) in [5.74, 6) is -3.07. The van der Waals surface area contributed by atoms with Crippen molar-refractivity contribution in [1.82, 2.24) is 0 Å². The Bertz CT molecular complexity index is 700. The molecule has 0 amide bonds. The summed E-state index contributed by atoms with van der Waals surface area (Å²) < 4.78 is 4.94. The molecule has 1 saturated carbocycles. The Hall–Kier alpha value is -2.62. The molecule has 0 unspecified atom stereocenters. The number of allylic oxidation sites excluding steroid dienone is 1. The van der Waals surface area contributed by atoms with Crippen LogP contribution in [0.5, 0.6) is 11.5 Å². The lowest BCUT2D eigenvalue weighted by Crippen LogP contribution is -2.57. The summed E-state index contributed by atoms with van der Waals surface area (Å²) in [6, 6.07) is 4.38. The number of ether oxygens (including phenoxy) is 1. The van der Waals surface area contributed by atoms with E-state index in [1.165, 1.54) is 18.2 Å². The molecule has 9 nitrogen and oxygen atoms in total. The number of carboxylic acid groups (broad SMARTS) is 1. The van der Waals surface area contributed by atoms with Gasteiger partial charge in [-0.3, -0.25) is 0 Å². The Kier molecular flexibility index (Phi) is 5.86. The molecule has 2 rings (SSSR count). The number of aliphatic hydroxyl groups excluding tert-OH is 2. The zero-order valence-corrected chi connectivity index (χ0v) is 13.6. The van der Waals surface area contributed by atoms with E-state index in [0.29, 0.717) is 5.56 Å². The number of phenolic OH excluding ortho intramolecular Hbond substituents is 2. The number of carbonyl (C=O) groups excluding carboxylic acids is 1. The van der Waals surface area contributed by atoms with Crippen molar-refractivity contribution in [1.29, 1.82) is 0 Å². The molecule has 1 aliphatic rings. The van der Waals surface area contributed by atoms with Crippen LogP contribution >= 0.6 is 0 Å². The van der Waals surface area contributed by atoms with Gasteiger partial charge >= 0.3 is 11.9 Å². The molecule has 0 saturated heterocycles. The molecule has 9 heteroatoms. The van der Waals surface area contributed by atoms with Gasteiger partial charge < -0.3 is 35.4 Å². The van der Waals surface area contributed by atoms with E-state index < -0.39 is 48.7 Å². The minimum atomic E-state index is -2.29. The minimum absolute atomic E-state index is 0.115. The van der Waals surface area contributed by atoms with Crippen LogP contribution < -0.4 is 0 Å². The lowest BCUT2D eigenvalue weighted by Gasteiger charge is -2.39. The molecule has 0 spiro atoms. The SMILES string of the molecule is O=C(/C=C/Cc1cccc(O)c1O)OC1[C@H](O)CC(O)(C(=O)O)C[C@H]1O. The molecular weight excluding hydrogens is 348 g/mol. The normalized spacial score (nSPS) is 28.8. The molecule has 1 fully saturated rings. The van der Waals surface area contributed by atoms with Crippen LogP contribution in [0, 0.1) is 0 Å². The van der Waals surface area contributed by atoms with Crippen LogP contribution in [0.4, 0.5) is 0 Å². The quantitative estimate of drug-likeness (QED) is 0.227. The van der Waals surface area contributed by atoms with Crippen molar-refractivity contribution in [3.63, 3.8) is 0 Å². The Morgan fingerprint density at radius 2 is 1.81 bits per heavy atom. The Morgan fingerprint density at radius 3 is 2.38 bits per heavy atom. The van der Waals surface area contributed by atoms with Gasteiger partial charge in [0.25, 0.3) is 0 Å². The first-order valence-electron chi connectivity index (χ1n) is 7.83. The molecule has 26 heavy (non-hydrogen) atoms. The van der Waals surface area contributed by atoms with Gasteiger partial charge in [0.1, 0.15) is 0 Å². The van der Waals surface area contributed by atoms with E-state index >= 15 is 0 Å². The number of hydrogen-bond acceptors (Lipinski definition) is 8. The average Bonchev–Trinajstić information content (AvgIpc) is 2.55. The standard InChI is InChI=1S/C17H20O9/c18-10-5-1-3-9(14(10)22)4-2-6-13(21)26-15-11(19)7-17(25,16(23)24)8-12(15)20/h1-3,5-6,11-12,15,18-20,22,25H,4,7-8H2,(H,23,24)/b6-2+/t11-,12-,15?,17?/m1/s1. The van der Waals surface area contributed by atoms with E-state index in [4.69, 9.17) is 9.84 Å². The molecule has 6 N–H and O–H groups in total. The summed E-state index contributed by atoms with van der Waals surface area (Å²) in [5, 5.41) is 57.6. The average molecular weight is 368 g/mol. The maximum atomic E-state index is 11.8. The van der Waals surface area contributed by atoms with E-state index in [1.54, 1.807) is 6.07 Å². The van der Waals surface area contributed by atoms with Gasteiger partial charge in [-0.2, -0.15) is 0 Å². The van der Waals surface area contributed by atoms with Gasteiger partial charge in [-0.1, -0.05) is 18.2 Å². The molecule has 1 aromatic carbocycles. The fourth-order valence-electron chi connectivity index (χ4n) is 2.79. The highest BCUT2D eigenvalue weighted by Crippen LogP contribution is 2.31. The van der Waals surface area contributed by atoms with Crippen molar-refractivity contribution in [3.05, 3.63) is 35.9 Å². The molecule has 0 aliphatic heterocycles. The van der Waals surface area contributed by atoms with Crippen molar-refractivity contribution >= 4 is 11.9 Å².